The molecule has 0 amide bonds. The molecule has 3 N–H and O–H groups in total. The first kappa shape index (κ1) is 13.3. The van der Waals surface area contributed by atoms with Crippen LogP contribution in [0.2, 0.25) is 0 Å². The van der Waals surface area contributed by atoms with Crippen molar-refractivity contribution < 1.29 is 14.6 Å². The van der Waals surface area contributed by atoms with E-state index in [-0.39, 0.29) is 12.5 Å². The lowest BCUT2D eigenvalue weighted by Crippen LogP contribution is -2.36. The van der Waals surface area contributed by atoms with Crippen LogP contribution >= 0.6 is 0 Å². The van der Waals surface area contributed by atoms with E-state index >= 15 is 0 Å². The Morgan fingerprint density at radius 3 is 2.88 bits per heavy atom. The summed E-state index contributed by atoms with van der Waals surface area (Å²) >= 11 is 0. The fraction of sp³-hybridized carbons (Fsp3) is 0.417. The van der Waals surface area contributed by atoms with Crippen molar-refractivity contribution >= 4 is 11.7 Å². The standard InChI is InChI=1S/C12H18N2O3/c1-14(8-9(13)6-12(15)16)10-4-3-5-11(7-10)17-2/h3-5,7,9H,6,8,13H2,1-2H3,(H,15,16). The number of likely N-dealkylation sites (N-methyl/N-ethyl adjacent to an activating group) is 1. The van der Waals surface area contributed by atoms with Crippen molar-refractivity contribution in [2.45, 2.75) is 12.5 Å². The lowest BCUT2D eigenvalue weighted by molar-refractivity contribution is -0.137. The van der Waals surface area contributed by atoms with E-state index < -0.39 is 5.97 Å². The number of hydrogen-bond donors (Lipinski definition) is 2. The van der Waals surface area contributed by atoms with Gasteiger partial charge >= 0.3 is 5.97 Å². The fourth-order valence-corrected chi connectivity index (χ4v) is 1.59. The largest absolute Gasteiger partial charge is 0.497 e. The van der Waals surface area contributed by atoms with Gasteiger partial charge in [-0.15, -0.1) is 0 Å². The molecule has 0 heterocycles. The van der Waals surface area contributed by atoms with Gasteiger partial charge in [0, 0.05) is 31.4 Å². The second kappa shape index (κ2) is 6.10. The molecular weight excluding hydrogens is 220 g/mol. The maximum Gasteiger partial charge on any atom is 0.304 e. The number of methoxy groups -OCH3 is 1. The van der Waals surface area contributed by atoms with Crippen molar-refractivity contribution in [1.82, 2.24) is 0 Å². The van der Waals surface area contributed by atoms with E-state index in [1.165, 1.54) is 0 Å². The van der Waals surface area contributed by atoms with Crippen LogP contribution in [0.15, 0.2) is 24.3 Å². The van der Waals surface area contributed by atoms with Crippen LogP contribution < -0.4 is 15.4 Å². The Kier molecular flexibility index (Phi) is 4.78. The van der Waals surface area contributed by atoms with Gasteiger partial charge in [0.25, 0.3) is 0 Å². The Labute approximate surface area is 101 Å². The van der Waals surface area contributed by atoms with E-state index in [2.05, 4.69) is 0 Å². The molecule has 0 aliphatic carbocycles. The smallest absolute Gasteiger partial charge is 0.304 e. The molecule has 0 aliphatic rings. The summed E-state index contributed by atoms with van der Waals surface area (Å²) in [6.45, 7) is 0.486. The van der Waals surface area contributed by atoms with Gasteiger partial charge in [0.2, 0.25) is 0 Å². The number of carboxylic acid groups (broad SMARTS) is 1. The van der Waals surface area contributed by atoms with Crippen molar-refractivity contribution in [3.63, 3.8) is 0 Å². The van der Waals surface area contributed by atoms with E-state index in [1.54, 1.807) is 7.11 Å². The second-order valence-electron chi connectivity index (χ2n) is 3.94. The number of aliphatic carboxylic acids is 1. The summed E-state index contributed by atoms with van der Waals surface area (Å²) in [6.07, 6.45) is -0.0334. The molecule has 17 heavy (non-hydrogen) atoms. The second-order valence-corrected chi connectivity index (χ2v) is 3.94. The lowest BCUT2D eigenvalue weighted by Gasteiger charge is -2.22. The Bertz CT molecular complexity index is 382. The number of carbonyl (C=O) groups is 1. The Morgan fingerprint density at radius 1 is 1.59 bits per heavy atom. The van der Waals surface area contributed by atoms with Crippen molar-refractivity contribution in [3.8, 4) is 5.75 Å². The highest BCUT2D eigenvalue weighted by atomic mass is 16.5. The molecule has 1 aromatic rings. The minimum atomic E-state index is -0.878. The number of hydrogen-bond acceptors (Lipinski definition) is 4. The first-order chi connectivity index (χ1) is 8.02. The predicted octanol–water partition coefficient (Wildman–Crippen LogP) is 0.933. The molecule has 1 rings (SSSR count). The summed E-state index contributed by atoms with van der Waals surface area (Å²) in [5, 5.41) is 8.63. The molecule has 0 saturated carbocycles. The zero-order chi connectivity index (χ0) is 12.8. The van der Waals surface area contributed by atoms with E-state index in [0.717, 1.165) is 11.4 Å². The predicted molar refractivity (Wildman–Crippen MR) is 66.5 cm³/mol. The van der Waals surface area contributed by atoms with Crippen LogP contribution in [-0.2, 0) is 4.79 Å². The van der Waals surface area contributed by atoms with Crippen LogP contribution in [0, 0.1) is 0 Å². The van der Waals surface area contributed by atoms with Gasteiger partial charge in [-0.05, 0) is 12.1 Å². The van der Waals surface area contributed by atoms with E-state index in [4.69, 9.17) is 15.6 Å². The van der Waals surface area contributed by atoms with Gasteiger partial charge in [-0.25, -0.2) is 0 Å². The average molecular weight is 238 g/mol. The normalized spacial score (nSPS) is 11.9. The van der Waals surface area contributed by atoms with Gasteiger partial charge in [0.15, 0.2) is 0 Å². The number of benzene rings is 1. The number of anilines is 1. The zero-order valence-corrected chi connectivity index (χ0v) is 10.1. The van der Waals surface area contributed by atoms with Crippen molar-refractivity contribution in [3.05, 3.63) is 24.3 Å². The molecule has 0 fully saturated rings. The first-order valence-corrected chi connectivity index (χ1v) is 5.35. The Hall–Kier alpha value is -1.75. The highest BCUT2D eigenvalue weighted by Gasteiger charge is 2.11. The molecule has 0 aliphatic heterocycles. The quantitative estimate of drug-likeness (QED) is 0.771. The fourth-order valence-electron chi connectivity index (χ4n) is 1.59. The van der Waals surface area contributed by atoms with Gasteiger partial charge in [-0.3, -0.25) is 4.79 Å². The van der Waals surface area contributed by atoms with Gasteiger partial charge in [-0.2, -0.15) is 0 Å². The summed E-state index contributed by atoms with van der Waals surface area (Å²) in [7, 11) is 3.48. The van der Waals surface area contributed by atoms with Crippen LogP contribution in [0.5, 0.6) is 5.75 Å². The van der Waals surface area contributed by atoms with Gasteiger partial charge in [0.1, 0.15) is 5.75 Å². The number of ether oxygens (including phenoxy) is 1. The number of nitrogens with two attached hydrogens (primary N) is 1. The number of nitrogens with zero attached hydrogens (tertiary/aromatic N) is 1. The molecule has 5 nitrogen and oxygen atoms in total. The number of carboxylic acids is 1. The van der Waals surface area contributed by atoms with Gasteiger partial charge in [0.05, 0.1) is 13.5 Å². The molecule has 0 aromatic heterocycles. The molecule has 1 atom stereocenters. The van der Waals surface area contributed by atoms with Gasteiger partial charge in [-0.1, -0.05) is 6.07 Å². The highest BCUT2D eigenvalue weighted by molar-refractivity contribution is 5.67. The molecule has 1 aromatic carbocycles. The summed E-state index contributed by atoms with van der Waals surface area (Å²) in [5.41, 5.74) is 6.68. The van der Waals surface area contributed by atoms with Crippen LogP contribution in [0.1, 0.15) is 6.42 Å². The Balaban J connectivity index is 2.62. The third kappa shape index (κ3) is 4.32. The third-order valence-electron chi connectivity index (χ3n) is 2.44. The molecule has 1 unspecified atom stereocenters. The van der Waals surface area contributed by atoms with Crippen LogP contribution in [-0.4, -0.2) is 37.8 Å². The molecule has 0 radical (unpaired) electrons. The van der Waals surface area contributed by atoms with Crippen LogP contribution in [0.3, 0.4) is 0 Å². The molecule has 94 valence electrons. The average Bonchev–Trinajstić information content (AvgIpc) is 2.27. The molecule has 0 saturated heterocycles. The van der Waals surface area contributed by atoms with Crippen molar-refractivity contribution in [2.75, 3.05) is 25.6 Å². The topological polar surface area (TPSA) is 75.8 Å². The third-order valence-corrected chi connectivity index (χ3v) is 2.44. The van der Waals surface area contributed by atoms with Crippen LogP contribution in [0.25, 0.3) is 0 Å². The summed E-state index contributed by atoms with van der Waals surface area (Å²) < 4.78 is 5.12. The SMILES string of the molecule is COc1cccc(N(C)CC(N)CC(=O)O)c1. The number of rotatable bonds is 6. The first-order valence-electron chi connectivity index (χ1n) is 5.35. The summed E-state index contributed by atoms with van der Waals surface area (Å²) in [5.74, 6) is -0.113. The molecular formula is C12H18N2O3. The van der Waals surface area contributed by atoms with Crippen molar-refractivity contribution in [2.24, 2.45) is 5.73 Å². The molecule has 0 spiro atoms. The van der Waals surface area contributed by atoms with E-state index in [9.17, 15) is 4.79 Å². The minimum absolute atomic E-state index is 0.0334. The monoisotopic (exact) mass is 238 g/mol. The van der Waals surface area contributed by atoms with Gasteiger partial charge < -0.3 is 20.5 Å². The minimum Gasteiger partial charge on any atom is -0.497 e. The van der Waals surface area contributed by atoms with Crippen molar-refractivity contribution in [1.29, 1.82) is 0 Å². The van der Waals surface area contributed by atoms with E-state index in [0.29, 0.717) is 6.54 Å². The summed E-state index contributed by atoms with van der Waals surface area (Å²) in [6, 6.07) is 7.16. The van der Waals surface area contributed by atoms with Crippen LogP contribution in [0.4, 0.5) is 5.69 Å². The maximum absolute atomic E-state index is 10.5. The molecule has 0 bridgehead atoms. The zero-order valence-electron chi connectivity index (χ0n) is 10.1. The Morgan fingerprint density at radius 2 is 2.29 bits per heavy atom. The summed E-state index contributed by atoms with van der Waals surface area (Å²) in [4.78, 5) is 12.4. The maximum atomic E-state index is 10.5. The molecule has 5 heteroatoms. The highest BCUT2D eigenvalue weighted by Crippen LogP contribution is 2.19. The lowest BCUT2D eigenvalue weighted by atomic mass is 10.2. The van der Waals surface area contributed by atoms with E-state index in [1.807, 2.05) is 36.2 Å².